The van der Waals surface area contributed by atoms with Crippen LogP contribution in [0.2, 0.25) is 0 Å². The monoisotopic (exact) mass is 209 g/mol. The average molecular weight is 209 g/mol. The summed E-state index contributed by atoms with van der Waals surface area (Å²) in [7, 11) is 0. The number of hydrogen-bond donors (Lipinski definition) is 1. The molecule has 1 heterocycles. The Morgan fingerprint density at radius 1 is 1.00 bits per heavy atom. The lowest BCUT2D eigenvalue weighted by Crippen LogP contribution is -2.49. The second-order valence-electron chi connectivity index (χ2n) is 6.11. The molecule has 1 saturated carbocycles. The van der Waals surface area contributed by atoms with Gasteiger partial charge in [0.05, 0.1) is 0 Å². The molecule has 1 unspecified atom stereocenters. The first-order valence-electron chi connectivity index (χ1n) is 6.96. The summed E-state index contributed by atoms with van der Waals surface area (Å²) in [5.74, 6) is 1.93. The molecular weight excluding hydrogens is 182 g/mol. The Morgan fingerprint density at radius 2 is 1.73 bits per heavy atom. The summed E-state index contributed by atoms with van der Waals surface area (Å²) in [5, 5.41) is 3.84. The van der Waals surface area contributed by atoms with Crippen LogP contribution in [0.4, 0.5) is 0 Å². The first-order valence-corrected chi connectivity index (χ1v) is 6.96. The molecule has 0 aromatic carbocycles. The Bertz CT molecular complexity index is 184. The Hall–Kier alpha value is -0.0400. The van der Waals surface area contributed by atoms with Gasteiger partial charge in [-0.05, 0) is 51.0 Å². The van der Waals surface area contributed by atoms with Crippen LogP contribution in [0.1, 0.15) is 65.2 Å². The van der Waals surface area contributed by atoms with Crippen molar-refractivity contribution in [2.24, 2.45) is 11.8 Å². The van der Waals surface area contributed by atoms with Gasteiger partial charge in [-0.2, -0.15) is 0 Å². The van der Waals surface area contributed by atoms with E-state index in [4.69, 9.17) is 0 Å². The molecule has 0 amide bonds. The van der Waals surface area contributed by atoms with E-state index >= 15 is 0 Å². The number of nitrogens with one attached hydrogen (secondary N) is 1. The van der Waals surface area contributed by atoms with E-state index < -0.39 is 0 Å². The van der Waals surface area contributed by atoms with Gasteiger partial charge in [0.15, 0.2) is 0 Å². The summed E-state index contributed by atoms with van der Waals surface area (Å²) in [5.41, 5.74) is 0.469. The molecule has 0 spiro atoms. The highest BCUT2D eigenvalue weighted by molar-refractivity contribution is 4.93. The van der Waals surface area contributed by atoms with Gasteiger partial charge >= 0.3 is 0 Å². The standard InChI is InChI=1S/C14H27N/c1-12-6-8-13(9-7-12)14(2)10-4-3-5-11-15-14/h12-13,15H,3-11H2,1-2H3. The van der Waals surface area contributed by atoms with E-state index in [1.165, 1.54) is 57.9 Å². The van der Waals surface area contributed by atoms with Crippen LogP contribution in [0.5, 0.6) is 0 Å². The highest BCUT2D eigenvalue weighted by Crippen LogP contribution is 2.38. The quantitative estimate of drug-likeness (QED) is 0.694. The summed E-state index contributed by atoms with van der Waals surface area (Å²) in [6, 6.07) is 0. The van der Waals surface area contributed by atoms with Gasteiger partial charge in [0.25, 0.3) is 0 Å². The minimum atomic E-state index is 0.469. The van der Waals surface area contributed by atoms with Gasteiger partial charge in [0.1, 0.15) is 0 Å². The van der Waals surface area contributed by atoms with Crippen molar-refractivity contribution in [1.29, 1.82) is 0 Å². The third kappa shape index (κ3) is 2.75. The van der Waals surface area contributed by atoms with E-state index in [1.807, 2.05) is 0 Å². The maximum atomic E-state index is 3.84. The molecule has 1 N–H and O–H groups in total. The van der Waals surface area contributed by atoms with Crippen LogP contribution < -0.4 is 5.32 Å². The summed E-state index contributed by atoms with van der Waals surface area (Å²) in [6.45, 7) is 6.15. The van der Waals surface area contributed by atoms with E-state index in [-0.39, 0.29) is 0 Å². The van der Waals surface area contributed by atoms with Gasteiger partial charge in [-0.1, -0.05) is 32.6 Å². The molecule has 1 saturated heterocycles. The van der Waals surface area contributed by atoms with Crippen molar-refractivity contribution in [1.82, 2.24) is 5.32 Å². The van der Waals surface area contributed by atoms with Gasteiger partial charge < -0.3 is 5.32 Å². The highest BCUT2D eigenvalue weighted by Gasteiger charge is 2.35. The zero-order valence-electron chi connectivity index (χ0n) is 10.5. The molecule has 15 heavy (non-hydrogen) atoms. The summed E-state index contributed by atoms with van der Waals surface area (Å²) in [6.07, 6.45) is 11.5. The fourth-order valence-electron chi connectivity index (χ4n) is 3.50. The maximum absolute atomic E-state index is 3.84. The van der Waals surface area contributed by atoms with Gasteiger partial charge in [-0.15, -0.1) is 0 Å². The number of hydrogen-bond acceptors (Lipinski definition) is 1. The first-order chi connectivity index (χ1) is 7.21. The van der Waals surface area contributed by atoms with E-state index in [9.17, 15) is 0 Å². The second kappa shape index (κ2) is 4.86. The van der Waals surface area contributed by atoms with Crippen molar-refractivity contribution in [3.8, 4) is 0 Å². The van der Waals surface area contributed by atoms with Crippen LogP contribution in [0.3, 0.4) is 0 Å². The Kier molecular flexibility index (Phi) is 3.71. The van der Waals surface area contributed by atoms with Crippen molar-refractivity contribution >= 4 is 0 Å². The largest absolute Gasteiger partial charge is 0.311 e. The summed E-state index contributed by atoms with van der Waals surface area (Å²) >= 11 is 0. The fraction of sp³-hybridized carbons (Fsp3) is 1.00. The Balaban J connectivity index is 1.94. The van der Waals surface area contributed by atoms with E-state index in [1.54, 1.807) is 0 Å². The lowest BCUT2D eigenvalue weighted by molar-refractivity contribution is 0.151. The summed E-state index contributed by atoms with van der Waals surface area (Å²) in [4.78, 5) is 0. The van der Waals surface area contributed by atoms with Crippen molar-refractivity contribution in [2.75, 3.05) is 6.54 Å². The summed E-state index contributed by atoms with van der Waals surface area (Å²) < 4.78 is 0. The van der Waals surface area contributed by atoms with E-state index in [0.717, 1.165) is 11.8 Å². The Labute approximate surface area is 95.0 Å². The topological polar surface area (TPSA) is 12.0 Å². The molecule has 0 aromatic heterocycles. The van der Waals surface area contributed by atoms with Gasteiger partial charge in [0.2, 0.25) is 0 Å². The minimum Gasteiger partial charge on any atom is -0.311 e. The molecule has 0 bridgehead atoms. The average Bonchev–Trinajstić information content (AvgIpc) is 2.45. The van der Waals surface area contributed by atoms with Crippen molar-refractivity contribution in [3.63, 3.8) is 0 Å². The molecule has 2 fully saturated rings. The van der Waals surface area contributed by atoms with Crippen molar-refractivity contribution < 1.29 is 0 Å². The van der Waals surface area contributed by atoms with Crippen LogP contribution in [-0.2, 0) is 0 Å². The van der Waals surface area contributed by atoms with E-state index in [0.29, 0.717) is 5.54 Å². The van der Waals surface area contributed by atoms with Crippen LogP contribution in [0.15, 0.2) is 0 Å². The van der Waals surface area contributed by atoms with Gasteiger partial charge in [-0.25, -0.2) is 0 Å². The first kappa shape index (κ1) is 11.4. The molecular formula is C14H27N. The van der Waals surface area contributed by atoms with Crippen LogP contribution in [0, 0.1) is 11.8 Å². The lowest BCUT2D eigenvalue weighted by atomic mass is 9.71. The smallest absolute Gasteiger partial charge is 0.0181 e. The zero-order valence-corrected chi connectivity index (χ0v) is 10.5. The van der Waals surface area contributed by atoms with Crippen LogP contribution >= 0.6 is 0 Å². The predicted octanol–water partition coefficient (Wildman–Crippen LogP) is 3.74. The van der Waals surface area contributed by atoms with Crippen molar-refractivity contribution in [3.05, 3.63) is 0 Å². The normalized spacial score (nSPS) is 43.6. The molecule has 1 aliphatic heterocycles. The molecule has 1 heteroatoms. The fourth-order valence-corrected chi connectivity index (χ4v) is 3.50. The third-order valence-electron chi connectivity index (χ3n) is 4.82. The van der Waals surface area contributed by atoms with Gasteiger partial charge in [0, 0.05) is 5.54 Å². The second-order valence-corrected chi connectivity index (χ2v) is 6.11. The van der Waals surface area contributed by atoms with Crippen LogP contribution in [-0.4, -0.2) is 12.1 Å². The molecule has 0 radical (unpaired) electrons. The van der Waals surface area contributed by atoms with E-state index in [2.05, 4.69) is 19.2 Å². The lowest BCUT2D eigenvalue weighted by Gasteiger charge is -2.41. The van der Waals surface area contributed by atoms with Crippen LogP contribution in [0.25, 0.3) is 0 Å². The molecule has 1 aliphatic carbocycles. The third-order valence-corrected chi connectivity index (χ3v) is 4.82. The molecule has 2 aliphatic rings. The molecule has 88 valence electrons. The SMILES string of the molecule is CC1CCC(C2(C)CCCCCN2)CC1. The highest BCUT2D eigenvalue weighted by atomic mass is 15.0. The predicted molar refractivity (Wildman–Crippen MR) is 66.0 cm³/mol. The molecule has 1 atom stereocenters. The molecule has 0 aromatic rings. The van der Waals surface area contributed by atoms with Gasteiger partial charge in [-0.3, -0.25) is 0 Å². The molecule has 2 rings (SSSR count). The number of rotatable bonds is 1. The molecule has 1 nitrogen and oxygen atoms in total. The zero-order chi connectivity index (χ0) is 10.7. The minimum absolute atomic E-state index is 0.469. The van der Waals surface area contributed by atoms with Crippen molar-refractivity contribution in [2.45, 2.75) is 70.8 Å². The Morgan fingerprint density at radius 3 is 2.47 bits per heavy atom. The maximum Gasteiger partial charge on any atom is 0.0181 e.